The zero-order valence-corrected chi connectivity index (χ0v) is 17.7. The molecule has 0 saturated carbocycles. The van der Waals surface area contributed by atoms with Crippen molar-refractivity contribution in [3.63, 3.8) is 0 Å². The number of nitro groups is 1. The molecule has 4 aromatic rings. The summed E-state index contributed by atoms with van der Waals surface area (Å²) >= 11 is 1.25. The lowest BCUT2D eigenvalue weighted by Crippen LogP contribution is -2.29. The predicted molar refractivity (Wildman–Crippen MR) is 124 cm³/mol. The van der Waals surface area contributed by atoms with Crippen LogP contribution in [0.25, 0.3) is 16.0 Å². The number of hydrogen-bond donors (Lipinski definition) is 1. The van der Waals surface area contributed by atoms with E-state index in [0.29, 0.717) is 21.8 Å². The molecule has 3 aromatic carbocycles. The summed E-state index contributed by atoms with van der Waals surface area (Å²) < 4.78 is 0.833. The Morgan fingerprint density at radius 3 is 2.30 bits per heavy atom. The van der Waals surface area contributed by atoms with E-state index in [1.54, 1.807) is 36.4 Å². The number of thiazole rings is 1. The van der Waals surface area contributed by atoms with E-state index >= 15 is 0 Å². The van der Waals surface area contributed by atoms with Crippen molar-refractivity contribution < 1.29 is 19.6 Å². The van der Waals surface area contributed by atoms with Crippen LogP contribution in [0.3, 0.4) is 0 Å². The summed E-state index contributed by atoms with van der Waals surface area (Å²) in [4.78, 5) is 42.7. The lowest BCUT2D eigenvalue weighted by atomic mass is 9.95. The highest BCUT2D eigenvalue weighted by molar-refractivity contribution is 7.22. The lowest BCUT2D eigenvalue weighted by Gasteiger charge is -2.22. The predicted octanol–water partition coefficient (Wildman–Crippen LogP) is 4.83. The molecule has 1 saturated heterocycles. The molecule has 1 unspecified atom stereocenters. The van der Waals surface area contributed by atoms with Crippen LogP contribution < -0.4 is 4.90 Å². The standard InChI is InChI=1S/C24H15N3O5S/c28-21(15-6-2-1-3-7-15)19-20(14-10-12-16(13-11-14)27(31)32)26(23(30)22(19)29)24-25-17-8-4-5-9-18(17)33-24/h1-13,20,28H/b21-19+. The molecule has 1 aliphatic rings. The molecule has 1 aliphatic heterocycles. The molecule has 1 fully saturated rings. The summed E-state index contributed by atoms with van der Waals surface area (Å²) in [5, 5.41) is 22.5. The number of hydrogen-bond acceptors (Lipinski definition) is 7. The van der Waals surface area contributed by atoms with Gasteiger partial charge >= 0.3 is 5.91 Å². The van der Waals surface area contributed by atoms with Crippen molar-refractivity contribution in [2.45, 2.75) is 6.04 Å². The highest BCUT2D eigenvalue weighted by atomic mass is 32.1. The van der Waals surface area contributed by atoms with Gasteiger partial charge in [0.15, 0.2) is 5.13 Å². The van der Waals surface area contributed by atoms with Crippen molar-refractivity contribution in [2.75, 3.05) is 4.90 Å². The molecule has 8 nitrogen and oxygen atoms in total. The van der Waals surface area contributed by atoms with Gasteiger partial charge in [0.05, 0.1) is 26.8 Å². The van der Waals surface area contributed by atoms with E-state index in [0.717, 1.165) is 4.70 Å². The average molecular weight is 457 g/mol. The van der Waals surface area contributed by atoms with Crippen LogP contribution in [0.1, 0.15) is 17.2 Å². The quantitative estimate of drug-likeness (QED) is 0.154. The Morgan fingerprint density at radius 1 is 0.970 bits per heavy atom. The minimum absolute atomic E-state index is 0.0979. The van der Waals surface area contributed by atoms with Gasteiger partial charge in [-0.1, -0.05) is 53.8 Å². The van der Waals surface area contributed by atoms with E-state index < -0.39 is 22.7 Å². The topological polar surface area (TPSA) is 114 Å². The van der Waals surface area contributed by atoms with E-state index in [1.165, 1.54) is 40.5 Å². The zero-order chi connectivity index (χ0) is 23.1. The van der Waals surface area contributed by atoms with Gasteiger partial charge in [0.2, 0.25) is 0 Å². The van der Waals surface area contributed by atoms with Gasteiger partial charge in [0.25, 0.3) is 11.5 Å². The molecule has 2 heterocycles. The number of nitrogens with zero attached hydrogens (tertiary/aromatic N) is 3. The minimum atomic E-state index is -0.994. The number of ketones is 1. The maximum atomic E-state index is 13.2. The number of aliphatic hydroxyl groups is 1. The Morgan fingerprint density at radius 2 is 1.64 bits per heavy atom. The molecule has 1 amide bonds. The molecule has 1 N–H and O–H groups in total. The Kier molecular flexibility index (Phi) is 4.95. The summed E-state index contributed by atoms with van der Waals surface area (Å²) in [6.45, 7) is 0. The van der Waals surface area contributed by atoms with Gasteiger partial charge in [-0.15, -0.1) is 0 Å². The monoisotopic (exact) mass is 457 g/mol. The molecule has 5 rings (SSSR count). The fraction of sp³-hybridized carbons (Fsp3) is 0.0417. The molecule has 0 bridgehead atoms. The van der Waals surface area contributed by atoms with Crippen LogP contribution in [0.4, 0.5) is 10.8 Å². The second-order valence-electron chi connectivity index (χ2n) is 7.35. The normalized spacial score (nSPS) is 17.6. The van der Waals surface area contributed by atoms with Crippen molar-refractivity contribution in [3.8, 4) is 0 Å². The minimum Gasteiger partial charge on any atom is -0.507 e. The summed E-state index contributed by atoms with van der Waals surface area (Å²) in [6.07, 6.45) is 0. The van der Waals surface area contributed by atoms with Gasteiger partial charge in [-0.3, -0.25) is 24.6 Å². The third kappa shape index (κ3) is 3.44. The van der Waals surface area contributed by atoms with Crippen molar-refractivity contribution in [1.82, 2.24) is 4.98 Å². The smallest absolute Gasteiger partial charge is 0.301 e. The van der Waals surface area contributed by atoms with Crippen LogP contribution in [0, 0.1) is 10.1 Å². The molecular weight excluding hydrogens is 442 g/mol. The van der Waals surface area contributed by atoms with E-state index in [2.05, 4.69) is 4.98 Å². The average Bonchev–Trinajstić information content (AvgIpc) is 3.38. The molecule has 0 aliphatic carbocycles. The maximum Gasteiger partial charge on any atom is 0.301 e. The van der Waals surface area contributed by atoms with Crippen molar-refractivity contribution >= 4 is 49.8 Å². The first-order valence-electron chi connectivity index (χ1n) is 9.92. The Hall–Kier alpha value is -4.37. The number of aromatic nitrogens is 1. The van der Waals surface area contributed by atoms with Gasteiger partial charge in [0, 0.05) is 17.7 Å². The Balaban J connectivity index is 1.73. The Bertz CT molecular complexity index is 1410. The van der Waals surface area contributed by atoms with Crippen molar-refractivity contribution in [2.24, 2.45) is 0 Å². The van der Waals surface area contributed by atoms with Crippen molar-refractivity contribution in [1.29, 1.82) is 0 Å². The molecule has 9 heteroatoms. The molecule has 1 atom stereocenters. The van der Waals surface area contributed by atoms with Gasteiger partial charge in [-0.2, -0.15) is 0 Å². The van der Waals surface area contributed by atoms with Crippen LogP contribution in [0.5, 0.6) is 0 Å². The summed E-state index contributed by atoms with van der Waals surface area (Å²) in [5.41, 5.74) is 1.27. The number of anilines is 1. The first-order valence-corrected chi connectivity index (χ1v) is 10.7. The Labute approximate surface area is 191 Å². The summed E-state index contributed by atoms with van der Waals surface area (Å²) in [5.74, 6) is -1.99. The summed E-state index contributed by atoms with van der Waals surface area (Å²) in [7, 11) is 0. The number of fused-ring (bicyclic) bond motifs is 1. The van der Waals surface area contributed by atoms with E-state index in [1.807, 2.05) is 18.2 Å². The first-order chi connectivity index (χ1) is 16.0. The zero-order valence-electron chi connectivity index (χ0n) is 16.9. The lowest BCUT2D eigenvalue weighted by molar-refractivity contribution is -0.384. The number of amides is 1. The molecule has 33 heavy (non-hydrogen) atoms. The first kappa shape index (κ1) is 20.5. The van der Waals surface area contributed by atoms with Gasteiger partial charge in [0.1, 0.15) is 5.76 Å². The third-order valence-corrected chi connectivity index (χ3v) is 6.44. The summed E-state index contributed by atoms with van der Waals surface area (Å²) in [6, 6.07) is 20.4. The number of Topliss-reactive ketones (excluding diaryl/α,β-unsaturated/α-hetero) is 1. The van der Waals surface area contributed by atoms with Gasteiger partial charge < -0.3 is 5.11 Å². The number of benzene rings is 3. The molecular formula is C24H15N3O5S. The highest BCUT2D eigenvalue weighted by Crippen LogP contribution is 2.44. The van der Waals surface area contributed by atoms with Crippen LogP contribution >= 0.6 is 11.3 Å². The number of rotatable bonds is 4. The maximum absolute atomic E-state index is 13.2. The largest absolute Gasteiger partial charge is 0.507 e. The van der Waals surface area contributed by atoms with E-state index in [-0.39, 0.29) is 17.0 Å². The van der Waals surface area contributed by atoms with E-state index in [4.69, 9.17) is 0 Å². The molecule has 162 valence electrons. The fourth-order valence-electron chi connectivity index (χ4n) is 3.84. The molecule has 0 radical (unpaired) electrons. The van der Waals surface area contributed by atoms with Crippen LogP contribution in [0.15, 0.2) is 84.4 Å². The third-order valence-electron chi connectivity index (χ3n) is 5.40. The number of aliphatic hydroxyl groups excluding tert-OH is 1. The molecule has 0 spiro atoms. The van der Waals surface area contributed by atoms with Crippen LogP contribution in [-0.2, 0) is 9.59 Å². The SMILES string of the molecule is O=C1C(=O)N(c2nc3ccccc3s2)C(c2ccc([N+](=O)[O-])cc2)/C1=C(\O)c1ccccc1. The van der Waals surface area contributed by atoms with Gasteiger partial charge in [-0.25, -0.2) is 4.98 Å². The molecule has 1 aromatic heterocycles. The van der Waals surface area contributed by atoms with Gasteiger partial charge in [-0.05, 0) is 29.8 Å². The number of carbonyl (C=O) groups is 2. The second kappa shape index (κ2) is 7.95. The number of carbonyl (C=O) groups excluding carboxylic acids is 2. The second-order valence-corrected chi connectivity index (χ2v) is 8.36. The van der Waals surface area contributed by atoms with Crippen LogP contribution in [-0.4, -0.2) is 26.7 Å². The van der Waals surface area contributed by atoms with Crippen LogP contribution in [0.2, 0.25) is 0 Å². The number of non-ortho nitro benzene ring substituents is 1. The number of nitro benzene ring substituents is 1. The van der Waals surface area contributed by atoms with E-state index in [9.17, 15) is 24.8 Å². The highest BCUT2D eigenvalue weighted by Gasteiger charge is 2.48. The van der Waals surface area contributed by atoms with Crippen molar-refractivity contribution in [3.05, 3.63) is 106 Å². The fourth-order valence-corrected chi connectivity index (χ4v) is 4.83. The number of para-hydroxylation sites is 1.